The number of hydrogen-bond donors (Lipinski definition) is 2. The van der Waals surface area contributed by atoms with Gasteiger partial charge in [0.05, 0.1) is 6.61 Å². The number of rotatable bonds is 10. The molecule has 184 valence electrons. The molecule has 3 aromatic carbocycles. The molecule has 2 N–H and O–H groups in total. The Labute approximate surface area is 207 Å². The summed E-state index contributed by atoms with van der Waals surface area (Å²) in [5.74, 6) is 0.758. The third-order valence-electron chi connectivity index (χ3n) is 5.81. The van der Waals surface area contributed by atoms with Crippen LogP contribution in [0.5, 0.6) is 11.5 Å². The molecule has 35 heavy (non-hydrogen) atoms. The third-order valence-corrected chi connectivity index (χ3v) is 5.81. The third kappa shape index (κ3) is 7.88. The summed E-state index contributed by atoms with van der Waals surface area (Å²) in [4.78, 5) is 24.7. The van der Waals surface area contributed by atoms with E-state index in [0.29, 0.717) is 25.2 Å². The summed E-state index contributed by atoms with van der Waals surface area (Å²) in [7, 11) is 0. The zero-order valence-electron chi connectivity index (χ0n) is 20.9. The number of carbonyl (C=O) groups excluding carboxylic acids is 2. The molecule has 0 saturated heterocycles. The Morgan fingerprint density at radius 3 is 2.23 bits per heavy atom. The molecule has 2 amide bonds. The van der Waals surface area contributed by atoms with Crippen LogP contribution in [0.3, 0.4) is 0 Å². The first kappa shape index (κ1) is 25.8. The van der Waals surface area contributed by atoms with Gasteiger partial charge in [-0.05, 0) is 67.1 Å². The van der Waals surface area contributed by atoms with Crippen molar-refractivity contribution in [1.82, 2.24) is 10.9 Å². The number of hydrogen-bond acceptors (Lipinski definition) is 4. The quantitative estimate of drug-likeness (QED) is 0.305. The van der Waals surface area contributed by atoms with E-state index < -0.39 is 11.3 Å². The van der Waals surface area contributed by atoms with E-state index in [1.165, 1.54) is 0 Å². The molecule has 3 aromatic rings. The van der Waals surface area contributed by atoms with Gasteiger partial charge in [0.15, 0.2) is 6.61 Å². The molecule has 0 aliphatic carbocycles. The first-order chi connectivity index (χ1) is 16.7. The number of hydrazine groups is 1. The van der Waals surface area contributed by atoms with Gasteiger partial charge in [-0.1, -0.05) is 68.4 Å². The molecule has 0 atom stereocenters. The highest BCUT2D eigenvalue weighted by atomic mass is 16.5. The van der Waals surface area contributed by atoms with Crippen LogP contribution in [0, 0.1) is 19.3 Å². The van der Waals surface area contributed by atoms with Gasteiger partial charge >= 0.3 is 0 Å². The van der Waals surface area contributed by atoms with Crippen LogP contribution in [0.2, 0.25) is 0 Å². The largest absolute Gasteiger partial charge is 0.493 e. The van der Waals surface area contributed by atoms with Crippen LogP contribution in [-0.4, -0.2) is 25.0 Å². The second-order valence-corrected chi connectivity index (χ2v) is 9.29. The number of nitrogens with one attached hydrogen (secondary N) is 2. The highest BCUT2D eigenvalue weighted by Gasteiger charge is 2.27. The fraction of sp³-hybridized carbons (Fsp3) is 0.310. The molecular formula is C29H34N2O4. The van der Waals surface area contributed by atoms with Gasteiger partial charge in [0.2, 0.25) is 5.91 Å². The van der Waals surface area contributed by atoms with Gasteiger partial charge in [-0.3, -0.25) is 20.4 Å². The van der Waals surface area contributed by atoms with E-state index in [9.17, 15) is 9.59 Å². The fourth-order valence-corrected chi connectivity index (χ4v) is 3.53. The van der Waals surface area contributed by atoms with Crippen LogP contribution >= 0.6 is 0 Å². The van der Waals surface area contributed by atoms with Crippen LogP contribution in [0.1, 0.15) is 37.8 Å². The standard InChI is InChI=1S/C29H34N2O4/c1-21-11-12-22(2)26(19-21)34-18-8-17-29(3,4)28(33)31-30-27(32)20-35-25-15-13-24(14-16-25)23-9-6-5-7-10-23/h5-7,9-16,19H,8,17-18,20H2,1-4H3,(H,30,32)(H,31,33). The summed E-state index contributed by atoms with van der Waals surface area (Å²) in [5.41, 5.74) is 8.69. The van der Waals surface area contributed by atoms with Crippen LogP contribution in [-0.2, 0) is 9.59 Å². The van der Waals surface area contributed by atoms with Gasteiger partial charge in [-0.25, -0.2) is 0 Å². The second-order valence-electron chi connectivity index (χ2n) is 9.29. The van der Waals surface area contributed by atoms with Crippen LogP contribution in [0.15, 0.2) is 72.8 Å². The van der Waals surface area contributed by atoms with Crippen molar-refractivity contribution in [3.8, 4) is 22.6 Å². The average molecular weight is 475 g/mol. The first-order valence-corrected chi connectivity index (χ1v) is 11.8. The molecule has 0 saturated carbocycles. The van der Waals surface area contributed by atoms with E-state index in [4.69, 9.17) is 9.47 Å². The summed E-state index contributed by atoms with van der Waals surface area (Å²) in [6.45, 7) is 8.05. The zero-order valence-corrected chi connectivity index (χ0v) is 20.9. The van der Waals surface area contributed by atoms with Crippen LogP contribution in [0.25, 0.3) is 11.1 Å². The summed E-state index contributed by atoms with van der Waals surface area (Å²) < 4.78 is 11.4. The maximum Gasteiger partial charge on any atom is 0.276 e. The van der Waals surface area contributed by atoms with Gasteiger partial charge in [0.25, 0.3) is 5.91 Å². The minimum atomic E-state index is -0.660. The molecule has 0 heterocycles. The van der Waals surface area contributed by atoms with Crippen LogP contribution < -0.4 is 20.3 Å². The molecule has 3 rings (SSSR count). The Bertz CT molecular complexity index is 1130. The van der Waals surface area contributed by atoms with E-state index in [1.807, 2.05) is 94.4 Å². The molecule has 0 aliphatic heterocycles. The number of benzene rings is 3. The molecule has 0 fully saturated rings. The second kappa shape index (κ2) is 12.1. The van der Waals surface area contributed by atoms with Crippen molar-refractivity contribution in [1.29, 1.82) is 0 Å². The molecule has 0 spiro atoms. The minimum absolute atomic E-state index is 0.199. The molecular weight excluding hydrogens is 440 g/mol. The molecule has 6 heteroatoms. The number of aryl methyl sites for hydroxylation is 2. The van der Waals surface area contributed by atoms with E-state index >= 15 is 0 Å². The molecule has 0 radical (unpaired) electrons. The summed E-state index contributed by atoms with van der Waals surface area (Å²) in [5, 5.41) is 0. The SMILES string of the molecule is Cc1ccc(C)c(OCCCC(C)(C)C(=O)NNC(=O)COc2ccc(-c3ccccc3)cc2)c1. The van der Waals surface area contributed by atoms with Crippen molar-refractivity contribution >= 4 is 11.8 Å². The zero-order chi connectivity index (χ0) is 25.3. The lowest BCUT2D eigenvalue weighted by atomic mass is 9.87. The number of amides is 2. The summed E-state index contributed by atoms with van der Waals surface area (Å²) >= 11 is 0. The highest BCUT2D eigenvalue weighted by molar-refractivity contribution is 5.85. The summed E-state index contributed by atoms with van der Waals surface area (Å²) in [6, 6.07) is 23.6. The normalized spacial score (nSPS) is 11.0. The molecule has 6 nitrogen and oxygen atoms in total. The maximum absolute atomic E-state index is 12.6. The van der Waals surface area contributed by atoms with Crippen LogP contribution in [0.4, 0.5) is 0 Å². The summed E-state index contributed by atoms with van der Waals surface area (Å²) in [6.07, 6.45) is 1.33. The van der Waals surface area contributed by atoms with Gasteiger partial charge in [0.1, 0.15) is 11.5 Å². The first-order valence-electron chi connectivity index (χ1n) is 11.8. The smallest absolute Gasteiger partial charge is 0.276 e. The van der Waals surface area contributed by atoms with E-state index in [-0.39, 0.29) is 12.5 Å². The average Bonchev–Trinajstić information content (AvgIpc) is 2.86. The van der Waals surface area contributed by atoms with Crippen molar-refractivity contribution in [2.24, 2.45) is 5.41 Å². The molecule has 0 aromatic heterocycles. The fourth-order valence-electron chi connectivity index (χ4n) is 3.53. The Hall–Kier alpha value is -3.80. The molecule has 0 aliphatic rings. The molecule has 0 unspecified atom stereocenters. The minimum Gasteiger partial charge on any atom is -0.493 e. The topological polar surface area (TPSA) is 76.7 Å². The predicted molar refractivity (Wildman–Crippen MR) is 138 cm³/mol. The van der Waals surface area contributed by atoms with E-state index in [1.54, 1.807) is 0 Å². The lowest BCUT2D eigenvalue weighted by Crippen LogP contribution is -2.48. The Morgan fingerprint density at radius 2 is 1.51 bits per heavy atom. The molecule has 0 bridgehead atoms. The van der Waals surface area contributed by atoms with Gasteiger partial charge < -0.3 is 9.47 Å². The highest BCUT2D eigenvalue weighted by Crippen LogP contribution is 2.24. The lowest BCUT2D eigenvalue weighted by Gasteiger charge is -2.23. The van der Waals surface area contributed by atoms with E-state index in [0.717, 1.165) is 28.0 Å². The Kier molecular flexibility index (Phi) is 8.90. The van der Waals surface area contributed by atoms with Crippen molar-refractivity contribution < 1.29 is 19.1 Å². The van der Waals surface area contributed by atoms with Gasteiger partial charge in [0, 0.05) is 5.41 Å². The van der Waals surface area contributed by atoms with Crippen molar-refractivity contribution in [2.45, 2.75) is 40.5 Å². The van der Waals surface area contributed by atoms with Crippen molar-refractivity contribution in [3.63, 3.8) is 0 Å². The van der Waals surface area contributed by atoms with Crippen molar-refractivity contribution in [3.05, 3.63) is 83.9 Å². The maximum atomic E-state index is 12.6. The van der Waals surface area contributed by atoms with Crippen molar-refractivity contribution in [2.75, 3.05) is 13.2 Å². The number of carbonyl (C=O) groups is 2. The number of ether oxygens (including phenoxy) is 2. The predicted octanol–water partition coefficient (Wildman–Crippen LogP) is 5.38. The Morgan fingerprint density at radius 1 is 0.829 bits per heavy atom. The van der Waals surface area contributed by atoms with E-state index in [2.05, 4.69) is 16.9 Å². The Balaban J connectivity index is 1.37. The van der Waals surface area contributed by atoms with Gasteiger partial charge in [-0.2, -0.15) is 0 Å². The monoisotopic (exact) mass is 474 g/mol. The lowest BCUT2D eigenvalue weighted by molar-refractivity contribution is -0.135. The van der Waals surface area contributed by atoms with Gasteiger partial charge in [-0.15, -0.1) is 0 Å².